The van der Waals surface area contributed by atoms with E-state index >= 15 is 0 Å². The molecule has 12 nitrogen and oxygen atoms in total. The predicted molar refractivity (Wildman–Crippen MR) is 153 cm³/mol. The SMILES string of the molecule is Cc1cc(C#N)cc(C)c1Oc1nc(NC2CCN(c3ccc(NS(=O)(=O)N(C)C)cc3)CC2)ncc1C(N)=O. The van der Waals surface area contributed by atoms with Crippen molar-refractivity contribution in [1.29, 1.82) is 5.26 Å². The average Bonchev–Trinajstić information content (AvgIpc) is 2.91. The zero-order valence-corrected chi connectivity index (χ0v) is 23.6. The van der Waals surface area contributed by atoms with Gasteiger partial charge in [0.1, 0.15) is 11.3 Å². The normalized spacial score (nSPS) is 14.1. The van der Waals surface area contributed by atoms with Crippen LogP contribution in [0.2, 0.25) is 0 Å². The Morgan fingerprint density at radius 2 is 1.77 bits per heavy atom. The molecule has 0 bridgehead atoms. The van der Waals surface area contributed by atoms with Crippen molar-refractivity contribution in [3.05, 3.63) is 64.8 Å². The molecule has 0 unspecified atom stereocenters. The summed E-state index contributed by atoms with van der Waals surface area (Å²) in [5, 5.41) is 12.5. The van der Waals surface area contributed by atoms with Crippen LogP contribution in [0.25, 0.3) is 0 Å². The van der Waals surface area contributed by atoms with Gasteiger partial charge in [-0.15, -0.1) is 0 Å². The maximum atomic E-state index is 12.0. The smallest absolute Gasteiger partial charge is 0.301 e. The molecule has 13 heteroatoms. The molecular formula is C27H32N8O4S. The predicted octanol–water partition coefficient (Wildman–Crippen LogP) is 3.16. The molecule has 4 rings (SSSR count). The van der Waals surface area contributed by atoms with Gasteiger partial charge in [-0.2, -0.15) is 23.0 Å². The van der Waals surface area contributed by atoms with Crippen molar-refractivity contribution in [3.8, 4) is 17.7 Å². The van der Waals surface area contributed by atoms with E-state index in [4.69, 9.17) is 10.5 Å². The van der Waals surface area contributed by atoms with Crippen molar-refractivity contribution in [2.45, 2.75) is 32.7 Å². The fourth-order valence-corrected chi connectivity index (χ4v) is 5.02. The second-order valence-corrected chi connectivity index (χ2v) is 11.7. The van der Waals surface area contributed by atoms with E-state index in [2.05, 4.69) is 31.0 Å². The number of anilines is 3. The van der Waals surface area contributed by atoms with E-state index in [1.807, 2.05) is 26.0 Å². The largest absolute Gasteiger partial charge is 0.437 e. The Kier molecular flexibility index (Phi) is 8.41. The number of carbonyl (C=O) groups is 1. The Bertz CT molecular complexity index is 1520. The van der Waals surface area contributed by atoms with Gasteiger partial charge in [-0.05, 0) is 74.2 Å². The van der Waals surface area contributed by atoms with Crippen molar-refractivity contribution in [3.63, 3.8) is 0 Å². The third-order valence-electron chi connectivity index (χ3n) is 6.60. The highest BCUT2D eigenvalue weighted by Gasteiger charge is 2.22. The number of hydrogen-bond donors (Lipinski definition) is 3. The molecule has 40 heavy (non-hydrogen) atoms. The number of carbonyl (C=O) groups excluding carboxylic acids is 1. The number of aromatic nitrogens is 2. The number of amides is 1. The number of aryl methyl sites for hydroxylation is 2. The minimum atomic E-state index is -3.56. The van der Waals surface area contributed by atoms with Crippen LogP contribution in [0.3, 0.4) is 0 Å². The number of piperidine rings is 1. The highest BCUT2D eigenvalue weighted by atomic mass is 32.2. The van der Waals surface area contributed by atoms with Gasteiger partial charge < -0.3 is 20.7 Å². The molecule has 0 saturated carbocycles. The fourth-order valence-electron chi connectivity index (χ4n) is 4.40. The number of benzene rings is 2. The van der Waals surface area contributed by atoms with E-state index < -0.39 is 16.1 Å². The van der Waals surface area contributed by atoms with Gasteiger partial charge in [0.25, 0.3) is 5.91 Å². The quantitative estimate of drug-likeness (QED) is 0.354. The number of rotatable bonds is 9. The third-order valence-corrected chi connectivity index (χ3v) is 8.05. The summed E-state index contributed by atoms with van der Waals surface area (Å²) in [5.41, 5.74) is 9.07. The van der Waals surface area contributed by atoms with Crippen LogP contribution in [0.15, 0.2) is 42.6 Å². The van der Waals surface area contributed by atoms with Crippen LogP contribution in [-0.2, 0) is 10.2 Å². The zero-order valence-electron chi connectivity index (χ0n) is 22.8. The maximum Gasteiger partial charge on any atom is 0.301 e. The Balaban J connectivity index is 1.42. The summed E-state index contributed by atoms with van der Waals surface area (Å²) in [7, 11) is -0.620. The molecule has 2 aromatic carbocycles. The van der Waals surface area contributed by atoms with Gasteiger partial charge >= 0.3 is 10.2 Å². The molecular weight excluding hydrogens is 532 g/mol. The number of nitrogens with two attached hydrogens (primary N) is 1. The van der Waals surface area contributed by atoms with Gasteiger partial charge in [0, 0.05) is 50.8 Å². The van der Waals surface area contributed by atoms with Crippen LogP contribution < -0.4 is 25.4 Å². The molecule has 0 atom stereocenters. The fraction of sp³-hybridized carbons (Fsp3) is 0.333. The van der Waals surface area contributed by atoms with Gasteiger partial charge in [-0.3, -0.25) is 9.52 Å². The summed E-state index contributed by atoms with van der Waals surface area (Å²) in [6, 6.07) is 12.9. The number of nitrogens with one attached hydrogen (secondary N) is 2. The Hall–Kier alpha value is -4.41. The van der Waals surface area contributed by atoms with Crippen LogP contribution in [0.1, 0.15) is 39.9 Å². The molecule has 0 radical (unpaired) electrons. The van der Waals surface area contributed by atoms with Crippen molar-refractivity contribution >= 4 is 33.4 Å². The molecule has 1 saturated heterocycles. The van der Waals surface area contributed by atoms with E-state index in [1.165, 1.54) is 20.3 Å². The summed E-state index contributed by atoms with van der Waals surface area (Å²) < 4.78 is 33.8. The topological polar surface area (TPSA) is 167 Å². The van der Waals surface area contributed by atoms with Crippen molar-refractivity contribution in [1.82, 2.24) is 14.3 Å². The minimum absolute atomic E-state index is 0.0447. The lowest BCUT2D eigenvalue weighted by molar-refractivity contribution is 0.0997. The van der Waals surface area contributed by atoms with Gasteiger partial charge in [-0.1, -0.05) is 0 Å². The molecule has 1 aromatic heterocycles. The lowest BCUT2D eigenvalue weighted by Crippen LogP contribution is -2.39. The molecule has 1 amide bonds. The summed E-state index contributed by atoms with van der Waals surface area (Å²) >= 11 is 0. The molecule has 0 spiro atoms. The first kappa shape index (κ1) is 28.6. The Labute approximate surface area is 234 Å². The van der Waals surface area contributed by atoms with Crippen molar-refractivity contribution in [2.24, 2.45) is 5.73 Å². The van der Waals surface area contributed by atoms with Crippen LogP contribution >= 0.6 is 0 Å². The van der Waals surface area contributed by atoms with Crippen molar-refractivity contribution in [2.75, 3.05) is 42.1 Å². The Morgan fingerprint density at radius 1 is 1.15 bits per heavy atom. The summed E-state index contributed by atoms with van der Waals surface area (Å²) in [6.45, 7) is 5.17. The van der Waals surface area contributed by atoms with E-state index in [0.717, 1.165) is 47.1 Å². The average molecular weight is 565 g/mol. The molecule has 4 N–H and O–H groups in total. The number of nitriles is 1. The number of hydrogen-bond acceptors (Lipinski definition) is 9. The molecule has 1 fully saturated rings. The standard InChI is InChI=1S/C27H32N8O4S/c1-17-13-19(15-28)14-18(2)24(17)39-26-23(25(29)36)16-30-27(32-26)31-20-9-11-35(12-10-20)22-7-5-21(6-8-22)33-40(37,38)34(3)4/h5-8,13-14,16,20,33H,9-12H2,1-4H3,(H2,29,36)(H,30,31,32). The molecule has 1 aliphatic heterocycles. The first-order chi connectivity index (χ1) is 19.0. The molecule has 2 heterocycles. The zero-order chi connectivity index (χ0) is 29.0. The van der Waals surface area contributed by atoms with E-state index in [9.17, 15) is 18.5 Å². The van der Waals surface area contributed by atoms with Crippen LogP contribution in [-0.4, -0.2) is 61.8 Å². The summed E-state index contributed by atoms with van der Waals surface area (Å²) in [6.07, 6.45) is 2.96. The van der Waals surface area contributed by atoms with Crippen LogP contribution in [0.4, 0.5) is 17.3 Å². The third kappa shape index (κ3) is 6.59. The summed E-state index contributed by atoms with van der Waals surface area (Å²) in [5.74, 6) is 0.155. The molecule has 1 aliphatic rings. The van der Waals surface area contributed by atoms with Gasteiger partial charge in [0.15, 0.2) is 0 Å². The van der Waals surface area contributed by atoms with Crippen LogP contribution in [0.5, 0.6) is 11.6 Å². The van der Waals surface area contributed by atoms with Gasteiger partial charge in [0.2, 0.25) is 11.8 Å². The second-order valence-electron chi connectivity index (χ2n) is 9.77. The first-order valence-electron chi connectivity index (χ1n) is 12.6. The van der Waals surface area contributed by atoms with Crippen molar-refractivity contribution < 1.29 is 17.9 Å². The number of ether oxygens (including phenoxy) is 1. The molecule has 210 valence electrons. The lowest BCUT2D eigenvalue weighted by Gasteiger charge is -2.34. The lowest BCUT2D eigenvalue weighted by atomic mass is 10.0. The highest BCUT2D eigenvalue weighted by molar-refractivity contribution is 7.90. The summed E-state index contributed by atoms with van der Waals surface area (Å²) in [4.78, 5) is 23.0. The Morgan fingerprint density at radius 3 is 2.33 bits per heavy atom. The molecule has 3 aromatic rings. The number of nitrogens with zero attached hydrogens (tertiary/aromatic N) is 5. The van der Waals surface area contributed by atoms with E-state index in [-0.39, 0.29) is 17.5 Å². The van der Waals surface area contributed by atoms with Gasteiger partial charge in [-0.25, -0.2) is 4.98 Å². The monoisotopic (exact) mass is 564 g/mol. The number of primary amides is 1. The highest BCUT2D eigenvalue weighted by Crippen LogP contribution is 2.31. The van der Waals surface area contributed by atoms with Gasteiger partial charge in [0.05, 0.1) is 11.6 Å². The molecule has 0 aliphatic carbocycles. The van der Waals surface area contributed by atoms with E-state index in [1.54, 1.807) is 24.3 Å². The minimum Gasteiger partial charge on any atom is -0.437 e. The van der Waals surface area contributed by atoms with E-state index in [0.29, 0.717) is 22.9 Å². The maximum absolute atomic E-state index is 12.0. The second kappa shape index (κ2) is 11.8. The first-order valence-corrected chi connectivity index (χ1v) is 14.1. The van der Waals surface area contributed by atoms with Crippen LogP contribution in [0, 0.1) is 25.2 Å².